The number of carbonyl (C=O) groups is 1. The maximum absolute atomic E-state index is 11.1. The van der Waals surface area contributed by atoms with E-state index in [0.717, 1.165) is 12.5 Å². The van der Waals surface area contributed by atoms with Gasteiger partial charge < -0.3 is 10.4 Å². The zero-order chi connectivity index (χ0) is 13.1. The molecule has 0 aromatic carbocycles. The van der Waals surface area contributed by atoms with E-state index in [2.05, 4.69) is 19.2 Å². The molecule has 0 aromatic rings. The second kappa shape index (κ2) is 5.38. The topological polar surface area (TPSA) is 49.3 Å². The number of aliphatic carboxylic acids is 1. The molecule has 3 heteroatoms. The van der Waals surface area contributed by atoms with Gasteiger partial charge >= 0.3 is 5.97 Å². The lowest BCUT2D eigenvalue weighted by molar-refractivity contribution is -0.143. The Hall–Kier alpha value is -0.570. The summed E-state index contributed by atoms with van der Waals surface area (Å²) in [6, 6.07) is 0. The molecule has 0 spiro atoms. The summed E-state index contributed by atoms with van der Waals surface area (Å²) in [7, 11) is 0. The Bertz CT molecular complexity index is 265. The summed E-state index contributed by atoms with van der Waals surface area (Å²) < 4.78 is 0. The van der Waals surface area contributed by atoms with E-state index in [4.69, 9.17) is 5.11 Å². The fourth-order valence-corrected chi connectivity index (χ4v) is 2.55. The van der Waals surface area contributed by atoms with Crippen LogP contribution >= 0.6 is 0 Å². The molecule has 0 heterocycles. The van der Waals surface area contributed by atoms with Gasteiger partial charge in [0.25, 0.3) is 0 Å². The van der Waals surface area contributed by atoms with Crippen molar-refractivity contribution in [1.82, 2.24) is 5.32 Å². The van der Waals surface area contributed by atoms with Gasteiger partial charge in [-0.25, -0.2) is 0 Å². The summed E-state index contributed by atoms with van der Waals surface area (Å²) in [6.07, 6.45) is 6.61. The van der Waals surface area contributed by atoms with Gasteiger partial charge in [-0.15, -0.1) is 0 Å². The van der Waals surface area contributed by atoms with Crippen molar-refractivity contribution in [2.75, 3.05) is 6.54 Å². The normalized spacial score (nSPS) is 19.3. The molecule has 1 saturated carbocycles. The number of carboxylic acids is 1. The smallest absolute Gasteiger partial charge is 0.323 e. The van der Waals surface area contributed by atoms with Crippen molar-refractivity contribution in [3.8, 4) is 0 Å². The van der Waals surface area contributed by atoms with Gasteiger partial charge in [0, 0.05) is 6.54 Å². The number of hydrogen-bond donors (Lipinski definition) is 2. The molecule has 0 bridgehead atoms. The minimum atomic E-state index is -0.827. The second-order valence-corrected chi connectivity index (χ2v) is 6.61. The highest BCUT2D eigenvalue weighted by atomic mass is 16.4. The van der Waals surface area contributed by atoms with E-state index in [-0.39, 0.29) is 5.41 Å². The lowest BCUT2D eigenvalue weighted by atomic mass is 9.71. The number of carboxylic acid groups (broad SMARTS) is 1. The van der Waals surface area contributed by atoms with Crippen LogP contribution in [0.1, 0.15) is 59.8 Å². The second-order valence-electron chi connectivity index (χ2n) is 6.61. The van der Waals surface area contributed by atoms with Crippen LogP contribution in [0.15, 0.2) is 0 Å². The molecule has 1 aliphatic carbocycles. The van der Waals surface area contributed by atoms with Crippen LogP contribution in [-0.2, 0) is 4.79 Å². The van der Waals surface area contributed by atoms with Crippen LogP contribution in [0.25, 0.3) is 0 Å². The first-order chi connectivity index (χ1) is 7.76. The zero-order valence-electron chi connectivity index (χ0n) is 11.7. The van der Waals surface area contributed by atoms with Crippen molar-refractivity contribution in [2.45, 2.75) is 65.3 Å². The highest BCUT2D eigenvalue weighted by Gasteiger charge is 2.34. The van der Waals surface area contributed by atoms with E-state index in [9.17, 15) is 4.79 Å². The SMILES string of the molecule is CC(C)(NCC(C)(C)C1CCCCC1)C(=O)O. The van der Waals surface area contributed by atoms with Crippen molar-refractivity contribution >= 4 is 5.97 Å². The molecule has 1 rings (SSSR count). The maximum atomic E-state index is 11.1. The van der Waals surface area contributed by atoms with Crippen molar-refractivity contribution < 1.29 is 9.90 Å². The quantitative estimate of drug-likeness (QED) is 0.778. The van der Waals surface area contributed by atoms with Gasteiger partial charge in [0.05, 0.1) is 0 Å². The molecule has 3 nitrogen and oxygen atoms in total. The first-order valence-electron chi connectivity index (χ1n) is 6.74. The summed E-state index contributed by atoms with van der Waals surface area (Å²) in [4.78, 5) is 11.1. The summed E-state index contributed by atoms with van der Waals surface area (Å²) in [5.74, 6) is -0.0507. The van der Waals surface area contributed by atoms with E-state index in [1.54, 1.807) is 13.8 Å². The van der Waals surface area contributed by atoms with Crippen LogP contribution < -0.4 is 5.32 Å². The van der Waals surface area contributed by atoms with Gasteiger partial charge in [-0.3, -0.25) is 4.79 Å². The van der Waals surface area contributed by atoms with Crippen molar-refractivity contribution in [2.24, 2.45) is 11.3 Å². The Morgan fingerprint density at radius 2 is 1.71 bits per heavy atom. The van der Waals surface area contributed by atoms with Crippen LogP contribution in [0.4, 0.5) is 0 Å². The molecule has 0 unspecified atom stereocenters. The lowest BCUT2D eigenvalue weighted by Gasteiger charge is -2.39. The largest absolute Gasteiger partial charge is 0.480 e. The number of hydrogen-bond acceptors (Lipinski definition) is 2. The Kier molecular flexibility index (Phi) is 4.59. The van der Waals surface area contributed by atoms with Gasteiger partial charge in [0.2, 0.25) is 0 Å². The Morgan fingerprint density at radius 3 is 2.18 bits per heavy atom. The fraction of sp³-hybridized carbons (Fsp3) is 0.929. The van der Waals surface area contributed by atoms with Gasteiger partial charge in [0.15, 0.2) is 0 Å². The van der Waals surface area contributed by atoms with Gasteiger partial charge in [0.1, 0.15) is 5.54 Å². The third-order valence-corrected chi connectivity index (χ3v) is 4.23. The molecule has 1 aliphatic rings. The highest BCUT2D eigenvalue weighted by molar-refractivity contribution is 5.77. The van der Waals surface area contributed by atoms with Crippen LogP contribution in [0.2, 0.25) is 0 Å². The maximum Gasteiger partial charge on any atom is 0.323 e. The first-order valence-corrected chi connectivity index (χ1v) is 6.74. The average Bonchev–Trinajstić information content (AvgIpc) is 2.28. The predicted molar refractivity (Wildman–Crippen MR) is 70.1 cm³/mol. The summed E-state index contributed by atoms with van der Waals surface area (Å²) in [6.45, 7) is 8.75. The number of nitrogens with one attached hydrogen (secondary N) is 1. The third-order valence-electron chi connectivity index (χ3n) is 4.23. The molecule has 0 radical (unpaired) electrons. The van der Waals surface area contributed by atoms with Crippen LogP contribution in [0.5, 0.6) is 0 Å². The van der Waals surface area contributed by atoms with Crippen molar-refractivity contribution in [3.63, 3.8) is 0 Å². The minimum Gasteiger partial charge on any atom is -0.480 e. The molecular formula is C14H27NO2. The molecule has 0 aliphatic heterocycles. The van der Waals surface area contributed by atoms with E-state index in [0.29, 0.717) is 0 Å². The van der Waals surface area contributed by atoms with E-state index in [1.165, 1.54) is 32.1 Å². The summed E-state index contributed by atoms with van der Waals surface area (Å²) >= 11 is 0. The van der Waals surface area contributed by atoms with Crippen LogP contribution in [-0.4, -0.2) is 23.2 Å². The van der Waals surface area contributed by atoms with Crippen LogP contribution in [0, 0.1) is 11.3 Å². The van der Waals surface area contributed by atoms with E-state index < -0.39 is 11.5 Å². The van der Waals surface area contributed by atoms with E-state index >= 15 is 0 Å². The van der Waals surface area contributed by atoms with Crippen molar-refractivity contribution in [1.29, 1.82) is 0 Å². The first kappa shape index (κ1) is 14.5. The zero-order valence-corrected chi connectivity index (χ0v) is 11.7. The highest BCUT2D eigenvalue weighted by Crippen LogP contribution is 2.37. The molecule has 17 heavy (non-hydrogen) atoms. The summed E-state index contributed by atoms with van der Waals surface area (Å²) in [5.41, 5.74) is -0.640. The monoisotopic (exact) mass is 241 g/mol. The number of rotatable bonds is 5. The molecule has 0 saturated heterocycles. The van der Waals surface area contributed by atoms with E-state index in [1.807, 2.05) is 0 Å². The van der Waals surface area contributed by atoms with Crippen LogP contribution in [0.3, 0.4) is 0 Å². The van der Waals surface area contributed by atoms with Gasteiger partial charge in [-0.2, -0.15) is 0 Å². The third kappa shape index (κ3) is 3.98. The molecular weight excluding hydrogens is 214 g/mol. The van der Waals surface area contributed by atoms with Gasteiger partial charge in [-0.1, -0.05) is 33.1 Å². The average molecular weight is 241 g/mol. The molecule has 2 N–H and O–H groups in total. The Balaban J connectivity index is 2.51. The van der Waals surface area contributed by atoms with Gasteiger partial charge in [-0.05, 0) is 38.0 Å². The Morgan fingerprint density at radius 1 is 1.18 bits per heavy atom. The standard InChI is InChI=1S/C14H27NO2/c1-13(2,11-8-6-5-7-9-11)10-15-14(3,4)12(16)17/h11,15H,5-10H2,1-4H3,(H,16,17). The van der Waals surface area contributed by atoms with Crippen molar-refractivity contribution in [3.05, 3.63) is 0 Å². The molecule has 0 aromatic heterocycles. The lowest BCUT2D eigenvalue weighted by Crippen LogP contribution is -2.51. The molecule has 1 fully saturated rings. The minimum absolute atomic E-state index is 0.188. The molecule has 0 atom stereocenters. The molecule has 100 valence electrons. The predicted octanol–water partition coefficient (Wildman–Crippen LogP) is 3.05. The fourth-order valence-electron chi connectivity index (χ4n) is 2.55. The Labute approximate surface area is 105 Å². The molecule has 0 amide bonds. The summed E-state index contributed by atoms with van der Waals surface area (Å²) in [5, 5.41) is 12.3.